The molecule has 1 aliphatic rings. The minimum Gasteiger partial charge on any atom is -0.354 e. The van der Waals surface area contributed by atoms with Gasteiger partial charge in [0.05, 0.1) is 12.1 Å². The van der Waals surface area contributed by atoms with Gasteiger partial charge in [0.1, 0.15) is 0 Å². The Bertz CT molecular complexity index is 875. The fourth-order valence-electron chi connectivity index (χ4n) is 3.47. The van der Waals surface area contributed by atoms with Crippen molar-refractivity contribution < 1.29 is 0 Å². The van der Waals surface area contributed by atoms with E-state index in [1.807, 2.05) is 6.07 Å². The van der Waals surface area contributed by atoms with Crippen LogP contribution < -0.4 is 5.32 Å². The summed E-state index contributed by atoms with van der Waals surface area (Å²) < 4.78 is 0. The molecule has 3 aromatic rings. The first kappa shape index (κ1) is 15.2. The van der Waals surface area contributed by atoms with Crippen molar-refractivity contribution in [3.05, 3.63) is 83.9 Å². The average Bonchev–Trinajstić information content (AvgIpc) is 2.90. The maximum absolute atomic E-state index is 5.60. The van der Waals surface area contributed by atoms with Crippen molar-refractivity contribution >= 4 is 28.1 Å². The zero-order valence-corrected chi connectivity index (χ0v) is 14.5. The second kappa shape index (κ2) is 6.25. The van der Waals surface area contributed by atoms with Crippen LogP contribution in [0.15, 0.2) is 72.8 Å². The van der Waals surface area contributed by atoms with Gasteiger partial charge in [-0.2, -0.15) is 0 Å². The SMILES string of the molecule is C[C@H]1[C@@H](c2ccccc2)NC(=S)N1Cc1ccc2ccccc2c1. The third-order valence-corrected chi connectivity index (χ3v) is 5.19. The largest absolute Gasteiger partial charge is 0.354 e. The molecule has 0 aromatic heterocycles. The van der Waals surface area contributed by atoms with Crippen molar-refractivity contribution in [2.75, 3.05) is 0 Å². The van der Waals surface area contributed by atoms with Gasteiger partial charge in [-0.05, 0) is 47.1 Å². The lowest BCUT2D eigenvalue weighted by Gasteiger charge is -2.24. The van der Waals surface area contributed by atoms with Crippen LogP contribution in [0.25, 0.3) is 10.8 Å². The molecule has 1 heterocycles. The molecule has 0 amide bonds. The Balaban J connectivity index is 1.58. The summed E-state index contributed by atoms with van der Waals surface area (Å²) in [6, 6.07) is 26.2. The summed E-state index contributed by atoms with van der Waals surface area (Å²) in [6.07, 6.45) is 0. The number of rotatable bonds is 3. The molecule has 0 radical (unpaired) electrons. The van der Waals surface area contributed by atoms with Crippen LogP contribution in [-0.2, 0) is 6.54 Å². The van der Waals surface area contributed by atoms with E-state index in [0.29, 0.717) is 6.04 Å². The molecule has 1 saturated heterocycles. The van der Waals surface area contributed by atoms with Gasteiger partial charge in [-0.25, -0.2) is 0 Å². The average molecular weight is 332 g/mol. The highest BCUT2D eigenvalue weighted by Gasteiger charge is 2.34. The van der Waals surface area contributed by atoms with E-state index in [2.05, 4.69) is 83.9 Å². The normalized spacial score (nSPS) is 20.4. The van der Waals surface area contributed by atoms with Gasteiger partial charge in [0, 0.05) is 6.54 Å². The molecule has 1 aliphatic heterocycles. The Morgan fingerprint density at radius 2 is 1.62 bits per heavy atom. The van der Waals surface area contributed by atoms with Crippen molar-refractivity contribution in [2.24, 2.45) is 0 Å². The van der Waals surface area contributed by atoms with E-state index in [0.717, 1.165) is 11.7 Å². The molecule has 120 valence electrons. The van der Waals surface area contributed by atoms with Crippen LogP contribution in [0.5, 0.6) is 0 Å². The summed E-state index contributed by atoms with van der Waals surface area (Å²) in [5.41, 5.74) is 2.58. The molecule has 1 fully saturated rings. The summed E-state index contributed by atoms with van der Waals surface area (Å²) >= 11 is 5.60. The third-order valence-electron chi connectivity index (χ3n) is 4.84. The number of nitrogens with one attached hydrogen (secondary N) is 1. The second-order valence-corrected chi connectivity index (χ2v) is 6.77. The lowest BCUT2D eigenvalue weighted by Crippen LogP contribution is -2.31. The Hall–Kier alpha value is -2.39. The number of fused-ring (bicyclic) bond motifs is 1. The molecule has 4 rings (SSSR count). The topological polar surface area (TPSA) is 15.3 Å². The maximum atomic E-state index is 5.60. The molecule has 3 aromatic carbocycles. The summed E-state index contributed by atoms with van der Waals surface area (Å²) in [5, 5.41) is 6.88. The molecule has 0 saturated carbocycles. The minimum absolute atomic E-state index is 0.249. The first-order chi connectivity index (χ1) is 11.7. The molecule has 0 aliphatic carbocycles. The zero-order valence-electron chi connectivity index (χ0n) is 13.6. The lowest BCUT2D eigenvalue weighted by atomic mass is 10.0. The zero-order chi connectivity index (χ0) is 16.5. The quantitative estimate of drug-likeness (QED) is 0.702. The number of benzene rings is 3. The highest BCUT2D eigenvalue weighted by atomic mass is 32.1. The molecular weight excluding hydrogens is 312 g/mol. The maximum Gasteiger partial charge on any atom is 0.170 e. The van der Waals surface area contributed by atoms with Crippen LogP contribution in [-0.4, -0.2) is 16.1 Å². The first-order valence-electron chi connectivity index (χ1n) is 8.32. The van der Waals surface area contributed by atoms with Crippen LogP contribution in [0.1, 0.15) is 24.1 Å². The van der Waals surface area contributed by atoms with Gasteiger partial charge in [0.2, 0.25) is 0 Å². The molecule has 3 heteroatoms. The van der Waals surface area contributed by atoms with Crippen molar-refractivity contribution in [3.63, 3.8) is 0 Å². The van der Waals surface area contributed by atoms with Gasteiger partial charge >= 0.3 is 0 Å². The molecule has 1 N–H and O–H groups in total. The monoisotopic (exact) mass is 332 g/mol. The van der Waals surface area contributed by atoms with Gasteiger partial charge < -0.3 is 10.2 Å². The van der Waals surface area contributed by atoms with Crippen molar-refractivity contribution in [1.29, 1.82) is 0 Å². The van der Waals surface area contributed by atoms with Gasteiger partial charge in [0.25, 0.3) is 0 Å². The van der Waals surface area contributed by atoms with Crippen LogP contribution in [0.4, 0.5) is 0 Å². The van der Waals surface area contributed by atoms with Crippen LogP contribution in [0, 0.1) is 0 Å². The highest BCUT2D eigenvalue weighted by Crippen LogP contribution is 2.29. The lowest BCUT2D eigenvalue weighted by molar-refractivity contribution is 0.329. The smallest absolute Gasteiger partial charge is 0.170 e. The Kier molecular flexibility index (Phi) is 3.95. The Labute approximate surface area is 148 Å². The number of hydrogen-bond acceptors (Lipinski definition) is 1. The molecule has 2 atom stereocenters. The predicted molar refractivity (Wildman–Crippen MR) is 104 cm³/mol. The number of hydrogen-bond donors (Lipinski definition) is 1. The van der Waals surface area contributed by atoms with Gasteiger partial charge in [-0.1, -0.05) is 66.7 Å². The summed E-state index contributed by atoms with van der Waals surface area (Å²) in [7, 11) is 0. The number of thiocarbonyl (C=S) groups is 1. The molecule has 0 unspecified atom stereocenters. The molecule has 0 bridgehead atoms. The summed E-state index contributed by atoms with van der Waals surface area (Å²) in [5.74, 6) is 0. The van der Waals surface area contributed by atoms with E-state index in [-0.39, 0.29) is 6.04 Å². The van der Waals surface area contributed by atoms with E-state index in [4.69, 9.17) is 12.2 Å². The standard InChI is InChI=1S/C21H20N2S/c1-15-20(18-8-3-2-4-9-18)22-21(24)23(15)14-16-11-12-17-7-5-6-10-19(17)13-16/h2-13,15,20H,14H2,1H3,(H,22,24)/t15-,20-/m0/s1. The van der Waals surface area contributed by atoms with E-state index < -0.39 is 0 Å². The molecule has 24 heavy (non-hydrogen) atoms. The number of nitrogens with zero attached hydrogens (tertiary/aromatic N) is 1. The first-order valence-corrected chi connectivity index (χ1v) is 8.73. The van der Waals surface area contributed by atoms with E-state index >= 15 is 0 Å². The van der Waals surface area contributed by atoms with Crippen LogP contribution in [0.2, 0.25) is 0 Å². The van der Waals surface area contributed by atoms with Crippen LogP contribution >= 0.6 is 12.2 Å². The fraction of sp³-hybridized carbons (Fsp3) is 0.190. The second-order valence-electron chi connectivity index (χ2n) is 6.39. The van der Waals surface area contributed by atoms with Crippen molar-refractivity contribution in [1.82, 2.24) is 10.2 Å². The molecular formula is C21H20N2S. The van der Waals surface area contributed by atoms with E-state index in [1.165, 1.54) is 21.9 Å². The summed E-state index contributed by atoms with van der Waals surface area (Å²) in [6.45, 7) is 3.08. The van der Waals surface area contributed by atoms with Gasteiger partial charge in [0.15, 0.2) is 5.11 Å². The molecule has 2 nitrogen and oxygen atoms in total. The third kappa shape index (κ3) is 2.76. The van der Waals surface area contributed by atoms with E-state index in [1.54, 1.807) is 0 Å². The van der Waals surface area contributed by atoms with Crippen LogP contribution in [0.3, 0.4) is 0 Å². The van der Waals surface area contributed by atoms with Gasteiger partial charge in [-0.3, -0.25) is 0 Å². The minimum atomic E-state index is 0.249. The Morgan fingerprint density at radius 1 is 0.917 bits per heavy atom. The Morgan fingerprint density at radius 3 is 2.42 bits per heavy atom. The van der Waals surface area contributed by atoms with Crippen molar-refractivity contribution in [3.8, 4) is 0 Å². The fourth-order valence-corrected chi connectivity index (χ4v) is 3.83. The van der Waals surface area contributed by atoms with Crippen molar-refractivity contribution in [2.45, 2.75) is 25.6 Å². The highest BCUT2D eigenvalue weighted by molar-refractivity contribution is 7.80. The van der Waals surface area contributed by atoms with Gasteiger partial charge in [-0.15, -0.1) is 0 Å². The summed E-state index contributed by atoms with van der Waals surface area (Å²) in [4.78, 5) is 2.29. The van der Waals surface area contributed by atoms with E-state index in [9.17, 15) is 0 Å². The molecule has 0 spiro atoms. The predicted octanol–water partition coefficient (Wildman–Crippen LogP) is 4.66.